The summed E-state index contributed by atoms with van der Waals surface area (Å²) in [4.78, 5) is 24.7. The fourth-order valence-electron chi connectivity index (χ4n) is 3.80. The predicted molar refractivity (Wildman–Crippen MR) is 127 cm³/mol. The second-order valence-electron chi connectivity index (χ2n) is 8.28. The van der Waals surface area contributed by atoms with Crippen LogP contribution in [-0.2, 0) is 25.8 Å². The van der Waals surface area contributed by atoms with E-state index in [0.717, 1.165) is 4.68 Å². The van der Waals surface area contributed by atoms with Gasteiger partial charge in [0, 0.05) is 0 Å². The maximum atomic E-state index is 12.3. The highest BCUT2D eigenvalue weighted by Gasteiger charge is 2.45. The molecular formula is C20H21N9O9S. The zero-order valence-corrected chi connectivity index (χ0v) is 20.5. The van der Waals surface area contributed by atoms with Gasteiger partial charge >= 0.3 is 10.3 Å². The zero-order chi connectivity index (χ0) is 27.9. The molecule has 4 atom stereocenters. The molecule has 0 aliphatic carbocycles. The Hall–Kier alpha value is -4.27. The van der Waals surface area contributed by atoms with Crippen molar-refractivity contribution in [2.45, 2.75) is 31.1 Å². The third-order valence-corrected chi connectivity index (χ3v) is 6.59. The molecule has 4 heterocycles. The highest BCUT2D eigenvalue weighted by atomic mass is 32.2. The van der Waals surface area contributed by atoms with Crippen LogP contribution < -0.4 is 10.5 Å². The smallest absolute Gasteiger partial charge is 0.362 e. The molecule has 206 valence electrons. The van der Waals surface area contributed by atoms with Crippen LogP contribution in [0.15, 0.2) is 36.8 Å². The van der Waals surface area contributed by atoms with Crippen molar-refractivity contribution >= 4 is 33.2 Å². The van der Waals surface area contributed by atoms with Gasteiger partial charge in [-0.1, -0.05) is 17.3 Å². The lowest BCUT2D eigenvalue weighted by Gasteiger charge is -2.16. The number of hydrogen-bond donors (Lipinski definition) is 6. The van der Waals surface area contributed by atoms with E-state index in [1.165, 1.54) is 41.4 Å². The molecule has 19 heteroatoms. The van der Waals surface area contributed by atoms with Gasteiger partial charge in [0.15, 0.2) is 17.7 Å². The molecule has 5 rings (SSSR count). The number of para-hydroxylation sites is 1. The molecule has 0 bridgehead atoms. The molecule has 1 aliphatic heterocycles. The number of rotatable bonds is 8. The normalized spacial score (nSPS) is 21.4. The van der Waals surface area contributed by atoms with Crippen molar-refractivity contribution in [3.8, 4) is 11.7 Å². The quantitative estimate of drug-likeness (QED) is 0.129. The Morgan fingerprint density at radius 2 is 1.97 bits per heavy atom. The van der Waals surface area contributed by atoms with E-state index in [1.807, 2.05) is 0 Å². The Morgan fingerprint density at radius 1 is 1.21 bits per heavy atom. The van der Waals surface area contributed by atoms with Gasteiger partial charge in [-0.25, -0.2) is 9.71 Å². The standard InChI is InChI=1S/C20H21N9O9S/c21-16-13-17(24-20(23-16)29-5-9(6-30)25-27-29)28(8-22-13)19-15(33)14(32)12(38-19)7-37-39(35,36)26-18(34)10-3-1-2-4-11(10)31/h1-5,8,12,14-15,19,30-33H,6-7H2,(H,26,34)(H2,21,23,24)/t12-,14-,15-,19-/m1/s1. The molecule has 1 aliphatic rings. The molecule has 4 aromatic rings. The molecular weight excluding hydrogens is 542 g/mol. The predicted octanol–water partition coefficient (Wildman–Crippen LogP) is -2.50. The number of phenolic OH excluding ortho intramolecular Hbond substituents is 1. The van der Waals surface area contributed by atoms with E-state index >= 15 is 0 Å². The molecule has 39 heavy (non-hydrogen) atoms. The Morgan fingerprint density at radius 3 is 2.69 bits per heavy atom. The lowest BCUT2D eigenvalue weighted by molar-refractivity contribution is -0.0468. The van der Waals surface area contributed by atoms with E-state index in [4.69, 9.17) is 14.7 Å². The molecule has 7 N–H and O–H groups in total. The molecule has 1 fully saturated rings. The van der Waals surface area contributed by atoms with Crippen molar-refractivity contribution in [2.75, 3.05) is 12.3 Å². The summed E-state index contributed by atoms with van der Waals surface area (Å²) in [7, 11) is -4.70. The number of phenols is 1. The van der Waals surface area contributed by atoms with Crippen LogP contribution in [0.25, 0.3) is 17.1 Å². The van der Waals surface area contributed by atoms with Crippen molar-refractivity contribution in [1.82, 2.24) is 39.2 Å². The number of amides is 1. The Kier molecular flexibility index (Phi) is 6.84. The number of ether oxygens (including phenoxy) is 1. The van der Waals surface area contributed by atoms with Gasteiger partial charge in [-0.05, 0) is 12.1 Å². The second-order valence-corrected chi connectivity index (χ2v) is 9.63. The third kappa shape index (κ3) is 5.08. The lowest BCUT2D eigenvalue weighted by atomic mass is 10.1. The monoisotopic (exact) mass is 563 g/mol. The van der Waals surface area contributed by atoms with E-state index in [-0.39, 0.29) is 40.8 Å². The van der Waals surface area contributed by atoms with Crippen LogP contribution in [0.5, 0.6) is 5.75 Å². The second kappa shape index (κ2) is 10.1. The summed E-state index contributed by atoms with van der Waals surface area (Å²) in [5.41, 5.74) is 6.16. The van der Waals surface area contributed by atoms with Crippen LogP contribution >= 0.6 is 0 Å². The van der Waals surface area contributed by atoms with Crippen LogP contribution in [0.4, 0.5) is 5.82 Å². The molecule has 1 aromatic carbocycles. The number of aromatic hydroxyl groups is 1. The van der Waals surface area contributed by atoms with E-state index in [2.05, 4.69) is 25.3 Å². The minimum absolute atomic E-state index is 0.0341. The number of carbonyl (C=O) groups is 1. The molecule has 0 saturated carbocycles. The Labute approximate surface area is 218 Å². The zero-order valence-electron chi connectivity index (χ0n) is 19.6. The number of nitrogens with one attached hydrogen (secondary N) is 1. The third-order valence-electron chi connectivity index (χ3n) is 5.71. The number of fused-ring (bicyclic) bond motifs is 1. The van der Waals surface area contributed by atoms with Crippen molar-refractivity contribution in [1.29, 1.82) is 0 Å². The number of carbonyl (C=O) groups excluding carboxylic acids is 1. The van der Waals surface area contributed by atoms with Crippen LogP contribution in [0.1, 0.15) is 22.3 Å². The van der Waals surface area contributed by atoms with Crippen LogP contribution in [-0.4, -0.2) is 94.2 Å². The molecule has 0 spiro atoms. The number of hydrogen-bond acceptors (Lipinski definition) is 15. The molecule has 1 amide bonds. The van der Waals surface area contributed by atoms with Crippen molar-refractivity contribution in [3.63, 3.8) is 0 Å². The van der Waals surface area contributed by atoms with Gasteiger partial charge in [0.2, 0.25) is 0 Å². The Bertz CT molecular complexity index is 1640. The van der Waals surface area contributed by atoms with Gasteiger partial charge in [0.25, 0.3) is 11.9 Å². The number of nitrogen functional groups attached to an aromatic ring is 1. The summed E-state index contributed by atoms with van der Waals surface area (Å²) in [6.45, 7) is -1.15. The molecule has 1 saturated heterocycles. The number of aromatic nitrogens is 7. The van der Waals surface area contributed by atoms with Crippen molar-refractivity contribution in [3.05, 3.63) is 48.0 Å². The highest BCUT2D eigenvalue weighted by Crippen LogP contribution is 2.32. The van der Waals surface area contributed by atoms with E-state index in [9.17, 15) is 33.6 Å². The first kappa shape index (κ1) is 26.3. The van der Waals surface area contributed by atoms with Gasteiger partial charge in [-0.15, -0.1) is 5.10 Å². The number of aliphatic hydroxyl groups excluding tert-OH is 3. The highest BCUT2D eigenvalue weighted by molar-refractivity contribution is 7.85. The van der Waals surface area contributed by atoms with Gasteiger partial charge < -0.3 is 30.9 Å². The number of nitrogens with zero attached hydrogens (tertiary/aromatic N) is 7. The van der Waals surface area contributed by atoms with Crippen LogP contribution in [0.3, 0.4) is 0 Å². The fraction of sp³-hybridized carbons (Fsp3) is 0.300. The van der Waals surface area contributed by atoms with Gasteiger partial charge in [-0.3, -0.25) is 13.5 Å². The first-order valence-electron chi connectivity index (χ1n) is 11.1. The minimum Gasteiger partial charge on any atom is -0.507 e. The summed E-state index contributed by atoms with van der Waals surface area (Å²) >= 11 is 0. The summed E-state index contributed by atoms with van der Waals surface area (Å²) in [5.74, 6) is -1.67. The minimum atomic E-state index is -4.70. The maximum absolute atomic E-state index is 12.3. The summed E-state index contributed by atoms with van der Waals surface area (Å²) in [6, 6.07) is 5.28. The van der Waals surface area contributed by atoms with Gasteiger partial charge in [0.05, 0.1) is 31.3 Å². The molecule has 0 unspecified atom stereocenters. The van der Waals surface area contributed by atoms with Crippen LogP contribution in [0, 0.1) is 0 Å². The number of imidazole rings is 1. The Balaban J connectivity index is 1.33. The first-order chi connectivity index (χ1) is 18.6. The number of nitrogens with two attached hydrogens (primary N) is 1. The topological polar surface area (TPSA) is 263 Å². The number of anilines is 1. The lowest BCUT2D eigenvalue weighted by Crippen LogP contribution is -2.37. The van der Waals surface area contributed by atoms with E-state index in [1.54, 1.807) is 4.72 Å². The van der Waals surface area contributed by atoms with Gasteiger partial charge in [-0.2, -0.15) is 23.1 Å². The van der Waals surface area contributed by atoms with Gasteiger partial charge in [0.1, 0.15) is 35.3 Å². The molecule has 18 nitrogen and oxygen atoms in total. The molecule has 3 aromatic heterocycles. The number of benzene rings is 1. The largest absolute Gasteiger partial charge is 0.507 e. The average molecular weight is 564 g/mol. The van der Waals surface area contributed by atoms with Crippen molar-refractivity contribution in [2.24, 2.45) is 0 Å². The summed E-state index contributed by atoms with van der Waals surface area (Å²) in [6.07, 6.45) is -3.26. The number of aliphatic hydroxyl groups is 3. The maximum Gasteiger partial charge on any atom is 0.362 e. The molecule has 0 radical (unpaired) electrons. The van der Waals surface area contributed by atoms with E-state index in [0.29, 0.717) is 0 Å². The fourth-order valence-corrected chi connectivity index (χ4v) is 4.51. The summed E-state index contributed by atoms with van der Waals surface area (Å²) in [5, 5.41) is 47.6. The average Bonchev–Trinajstić information content (AvgIpc) is 3.61. The first-order valence-corrected chi connectivity index (χ1v) is 12.5. The SMILES string of the molecule is Nc1nc(-n2cc(CO)nn2)nc2c1ncn2[C@@H]1O[C@H](COS(=O)(=O)NC(=O)c2ccccc2O)[C@@H](O)[C@H]1O. The van der Waals surface area contributed by atoms with Crippen LogP contribution in [0.2, 0.25) is 0 Å². The summed E-state index contributed by atoms with van der Waals surface area (Å²) < 4.78 is 39.0. The van der Waals surface area contributed by atoms with E-state index < -0.39 is 53.1 Å². The van der Waals surface area contributed by atoms with Crippen molar-refractivity contribution < 1.29 is 42.6 Å².